The van der Waals surface area contributed by atoms with Crippen LogP contribution in [-0.4, -0.2) is 46.3 Å². The summed E-state index contributed by atoms with van der Waals surface area (Å²) in [5.74, 6) is 0.678. The fourth-order valence-electron chi connectivity index (χ4n) is 2.85. The second kappa shape index (κ2) is 10.3. The number of quaternary nitrogens is 1. The molecule has 2 aromatic carbocycles. The molecule has 0 fully saturated rings. The minimum Gasteiger partial charge on any atom is -0.493 e. The Hall–Kier alpha value is -3.06. The van der Waals surface area contributed by atoms with Gasteiger partial charge in [0.15, 0.2) is 18.0 Å². The minimum atomic E-state index is -0.454. The molecule has 2 N–H and O–H groups in total. The van der Waals surface area contributed by atoms with Gasteiger partial charge in [-0.05, 0) is 37.3 Å². The number of hydrogen-bond acceptors (Lipinski definition) is 5. The standard InChI is InChI=1S/C21H26N2O5/c1-5-28-21(25)16-8-6-7-9-17(16)22-20(24)14-23(2)13-15-10-11-18(26-3)19(12-15)27-4/h6-12H,5,13-14H2,1-4H3,(H,22,24)/p+1. The zero-order valence-corrected chi connectivity index (χ0v) is 16.7. The van der Waals surface area contributed by atoms with Crippen LogP contribution >= 0.6 is 0 Å². The monoisotopic (exact) mass is 387 g/mol. The molecule has 0 bridgehead atoms. The SMILES string of the molecule is CCOC(=O)c1ccccc1NC(=O)C[NH+](C)Cc1ccc(OC)c(OC)c1. The van der Waals surface area contributed by atoms with Gasteiger partial charge in [0.2, 0.25) is 0 Å². The molecule has 150 valence electrons. The predicted octanol–water partition coefficient (Wildman–Crippen LogP) is 1.53. The average Bonchev–Trinajstić information content (AvgIpc) is 2.68. The van der Waals surface area contributed by atoms with E-state index in [0.717, 1.165) is 10.5 Å². The summed E-state index contributed by atoms with van der Waals surface area (Å²) in [6.07, 6.45) is 0. The number of para-hydroxylation sites is 1. The Bertz CT molecular complexity index is 822. The smallest absolute Gasteiger partial charge is 0.340 e. The Labute approximate surface area is 165 Å². The molecule has 0 radical (unpaired) electrons. The molecule has 2 aromatic rings. The van der Waals surface area contributed by atoms with Crippen LogP contribution in [0.25, 0.3) is 0 Å². The van der Waals surface area contributed by atoms with Gasteiger partial charge in [0.1, 0.15) is 6.54 Å². The van der Waals surface area contributed by atoms with Gasteiger partial charge in [0, 0.05) is 5.56 Å². The molecule has 0 aliphatic carbocycles. The molecular weight excluding hydrogens is 360 g/mol. The van der Waals surface area contributed by atoms with E-state index in [-0.39, 0.29) is 19.1 Å². The Kier molecular flexibility index (Phi) is 7.83. The summed E-state index contributed by atoms with van der Waals surface area (Å²) < 4.78 is 15.6. The van der Waals surface area contributed by atoms with Crippen molar-refractivity contribution in [1.29, 1.82) is 0 Å². The minimum absolute atomic E-state index is 0.185. The van der Waals surface area contributed by atoms with Gasteiger partial charge in [-0.3, -0.25) is 4.79 Å². The first-order valence-electron chi connectivity index (χ1n) is 9.06. The van der Waals surface area contributed by atoms with Crippen LogP contribution in [0.3, 0.4) is 0 Å². The van der Waals surface area contributed by atoms with Crippen LogP contribution in [0.15, 0.2) is 42.5 Å². The zero-order valence-electron chi connectivity index (χ0n) is 16.7. The summed E-state index contributed by atoms with van der Waals surface area (Å²) in [7, 11) is 5.10. The molecule has 1 unspecified atom stereocenters. The highest BCUT2D eigenvalue weighted by Gasteiger charge is 2.17. The molecule has 0 spiro atoms. The molecule has 0 heterocycles. The Balaban J connectivity index is 1.99. The quantitative estimate of drug-likeness (QED) is 0.638. The number of carbonyl (C=O) groups excluding carboxylic acids is 2. The average molecular weight is 387 g/mol. The highest BCUT2D eigenvalue weighted by Crippen LogP contribution is 2.27. The maximum atomic E-state index is 12.4. The van der Waals surface area contributed by atoms with Crippen molar-refractivity contribution in [3.05, 3.63) is 53.6 Å². The van der Waals surface area contributed by atoms with Crippen LogP contribution in [0, 0.1) is 0 Å². The van der Waals surface area contributed by atoms with Crippen LogP contribution in [-0.2, 0) is 16.1 Å². The van der Waals surface area contributed by atoms with Gasteiger partial charge >= 0.3 is 5.97 Å². The van der Waals surface area contributed by atoms with E-state index in [1.165, 1.54) is 0 Å². The number of rotatable bonds is 9. The van der Waals surface area contributed by atoms with E-state index in [0.29, 0.717) is 29.3 Å². The van der Waals surface area contributed by atoms with Gasteiger partial charge in [0.25, 0.3) is 5.91 Å². The third-order valence-corrected chi connectivity index (χ3v) is 4.11. The van der Waals surface area contributed by atoms with Crippen molar-refractivity contribution in [2.75, 3.05) is 39.7 Å². The highest BCUT2D eigenvalue weighted by molar-refractivity contribution is 6.01. The molecule has 0 aromatic heterocycles. The summed E-state index contributed by atoms with van der Waals surface area (Å²) in [6.45, 7) is 2.89. The number of nitrogens with one attached hydrogen (secondary N) is 2. The lowest BCUT2D eigenvalue weighted by atomic mass is 10.1. The van der Waals surface area contributed by atoms with E-state index in [4.69, 9.17) is 14.2 Å². The van der Waals surface area contributed by atoms with Gasteiger partial charge in [-0.2, -0.15) is 0 Å². The largest absolute Gasteiger partial charge is 0.493 e. The van der Waals surface area contributed by atoms with Gasteiger partial charge in [-0.1, -0.05) is 12.1 Å². The number of likely N-dealkylation sites (N-methyl/N-ethyl adjacent to an activating group) is 1. The Morgan fingerprint density at radius 1 is 1.04 bits per heavy atom. The second-order valence-corrected chi connectivity index (χ2v) is 6.31. The molecule has 7 heteroatoms. The fraction of sp³-hybridized carbons (Fsp3) is 0.333. The normalized spacial score (nSPS) is 11.4. The van der Waals surface area contributed by atoms with E-state index >= 15 is 0 Å². The number of anilines is 1. The Morgan fingerprint density at radius 2 is 1.75 bits per heavy atom. The molecule has 7 nitrogen and oxygen atoms in total. The van der Waals surface area contributed by atoms with Crippen LogP contribution in [0.1, 0.15) is 22.8 Å². The summed E-state index contributed by atoms with van der Waals surface area (Å²) in [6, 6.07) is 12.5. The van der Waals surface area contributed by atoms with Crippen molar-refractivity contribution < 1.29 is 28.7 Å². The molecule has 2 rings (SSSR count). The molecule has 28 heavy (non-hydrogen) atoms. The highest BCUT2D eigenvalue weighted by atomic mass is 16.5. The van der Waals surface area contributed by atoms with E-state index < -0.39 is 5.97 Å². The topological polar surface area (TPSA) is 78.3 Å². The number of amides is 1. The van der Waals surface area contributed by atoms with E-state index in [2.05, 4.69) is 5.32 Å². The molecule has 0 aliphatic heterocycles. The zero-order chi connectivity index (χ0) is 20.5. The molecule has 0 saturated carbocycles. The lowest BCUT2D eigenvalue weighted by Crippen LogP contribution is -3.08. The number of hydrogen-bond donors (Lipinski definition) is 2. The number of methoxy groups -OCH3 is 2. The Morgan fingerprint density at radius 3 is 2.43 bits per heavy atom. The van der Waals surface area contributed by atoms with E-state index in [9.17, 15) is 9.59 Å². The van der Waals surface area contributed by atoms with E-state index in [1.54, 1.807) is 45.4 Å². The fourth-order valence-corrected chi connectivity index (χ4v) is 2.85. The lowest BCUT2D eigenvalue weighted by molar-refractivity contribution is -0.885. The van der Waals surface area contributed by atoms with Crippen LogP contribution in [0.2, 0.25) is 0 Å². The van der Waals surface area contributed by atoms with Crippen molar-refractivity contribution in [2.24, 2.45) is 0 Å². The maximum Gasteiger partial charge on any atom is 0.340 e. The maximum absolute atomic E-state index is 12.4. The van der Waals surface area contributed by atoms with Gasteiger partial charge in [0.05, 0.1) is 39.1 Å². The van der Waals surface area contributed by atoms with Gasteiger partial charge < -0.3 is 24.4 Å². The summed E-state index contributed by atoms with van der Waals surface area (Å²) in [4.78, 5) is 25.4. The third-order valence-electron chi connectivity index (χ3n) is 4.11. The summed E-state index contributed by atoms with van der Waals surface area (Å²) >= 11 is 0. The van der Waals surface area contributed by atoms with Crippen molar-refractivity contribution in [2.45, 2.75) is 13.5 Å². The number of esters is 1. The first kappa shape index (κ1) is 21.2. The number of carbonyl (C=O) groups is 2. The summed E-state index contributed by atoms with van der Waals surface area (Å²) in [5.41, 5.74) is 1.81. The van der Waals surface area contributed by atoms with Crippen LogP contribution in [0.5, 0.6) is 11.5 Å². The summed E-state index contributed by atoms with van der Waals surface area (Å²) in [5, 5.41) is 2.80. The first-order chi connectivity index (χ1) is 13.5. The van der Waals surface area contributed by atoms with Gasteiger partial charge in [-0.25, -0.2) is 4.79 Å². The first-order valence-corrected chi connectivity index (χ1v) is 9.06. The lowest BCUT2D eigenvalue weighted by Gasteiger charge is -2.16. The van der Waals surface area contributed by atoms with Crippen molar-refractivity contribution in [1.82, 2.24) is 0 Å². The van der Waals surface area contributed by atoms with Crippen LogP contribution < -0.4 is 19.7 Å². The van der Waals surface area contributed by atoms with Crippen molar-refractivity contribution >= 4 is 17.6 Å². The van der Waals surface area contributed by atoms with Crippen LogP contribution in [0.4, 0.5) is 5.69 Å². The molecular formula is C21H27N2O5+. The number of ether oxygens (including phenoxy) is 3. The molecule has 0 aliphatic rings. The molecule has 1 amide bonds. The third kappa shape index (κ3) is 5.72. The van der Waals surface area contributed by atoms with Crippen molar-refractivity contribution in [3.8, 4) is 11.5 Å². The molecule has 0 saturated heterocycles. The van der Waals surface area contributed by atoms with Crippen molar-refractivity contribution in [3.63, 3.8) is 0 Å². The second-order valence-electron chi connectivity index (χ2n) is 6.31. The van der Waals surface area contributed by atoms with Gasteiger partial charge in [-0.15, -0.1) is 0 Å². The van der Waals surface area contributed by atoms with E-state index in [1.807, 2.05) is 25.2 Å². The number of benzene rings is 2. The predicted molar refractivity (Wildman–Crippen MR) is 106 cm³/mol. The molecule has 1 atom stereocenters.